The van der Waals surface area contributed by atoms with Gasteiger partial charge in [-0.25, -0.2) is 13.4 Å². The molecule has 0 unspecified atom stereocenters. The Balaban J connectivity index is 1.68. The van der Waals surface area contributed by atoms with E-state index in [1.807, 2.05) is 26.8 Å². The van der Waals surface area contributed by atoms with E-state index < -0.39 is 10.0 Å². The number of hydrogen-bond donors (Lipinski definition) is 2. The molecular weight excluding hydrogens is 426 g/mol. The van der Waals surface area contributed by atoms with Crippen molar-refractivity contribution in [3.63, 3.8) is 0 Å². The Morgan fingerprint density at radius 3 is 2.28 bits per heavy atom. The molecule has 0 aliphatic carbocycles. The van der Waals surface area contributed by atoms with Crippen molar-refractivity contribution in [3.05, 3.63) is 77.0 Å². The van der Waals surface area contributed by atoms with Crippen molar-refractivity contribution >= 4 is 21.6 Å². The van der Waals surface area contributed by atoms with Gasteiger partial charge in [0.05, 0.1) is 10.5 Å². The van der Waals surface area contributed by atoms with Crippen LogP contribution in [0.15, 0.2) is 59.6 Å². The molecule has 1 aromatic heterocycles. The Labute approximate surface area is 188 Å². The summed E-state index contributed by atoms with van der Waals surface area (Å²) in [5, 5.41) is 2.79. The molecule has 8 heteroatoms. The minimum atomic E-state index is -3.72. The minimum Gasteiger partial charge on any atom is -0.439 e. The van der Waals surface area contributed by atoms with Crippen LogP contribution in [0.2, 0.25) is 0 Å². The summed E-state index contributed by atoms with van der Waals surface area (Å²) < 4.78 is 34.0. The first kappa shape index (κ1) is 23.3. The molecule has 0 radical (unpaired) electrons. The molecule has 3 aromatic rings. The van der Waals surface area contributed by atoms with E-state index in [-0.39, 0.29) is 10.8 Å². The average Bonchev–Trinajstić information content (AvgIpc) is 2.76. The van der Waals surface area contributed by atoms with E-state index in [1.54, 1.807) is 49.4 Å². The van der Waals surface area contributed by atoms with E-state index in [4.69, 9.17) is 4.74 Å². The number of sulfonamides is 1. The molecule has 0 bridgehead atoms. The van der Waals surface area contributed by atoms with E-state index in [0.717, 1.165) is 17.5 Å². The zero-order valence-electron chi connectivity index (χ0n) is 18.6. The third-order valence-corrected chi connectivity index (χ3v) is 6.47. The molecule has 0 atom stereocenters. The number of aromatic nitrogens is 1. The molecule has 2 aromatic carbocycles. The van der Waals surface area contributed by atoms with Crippen LogP contribution in [0, 0.1) is 20.8 Å². The van der Waals surface area contributed by atoms with E-state index in [0.29, 0.717) is 35.0 Å². The fourth-order valence-corrected chi connectivity index (χ4v) is 4.43. The van der Waals surface area contributed by atoms with Gasteiger partial charge in [0.25, 0.3) is 15.9 Å². The predicted molar refractivity (Wildman–Crippen MR) is 125 cm³/mol. The number of ether oxygens (including phenoxy) is 1. The van der Waals surface area contributed by atoms with Crippen LogP contribution in [0.3, 0.4) is 0 Å². The van der Waals surface area contributed by atoms with E-state index in [2.05, 4.69) is 15.0 Å². The number of carbonyl (C=O) groups is 1. The molecule has 168 valence electrons. The van der Waals surface area contributed by atoms with Crippen molar-refractivity contribution in [2.45, 2.75) is 39.0 Å². The van der Waals surface area contributed by atoms with Gasteiger partial charge in [0.1, 0.15) is 5.75 Å². The second kappa shape index (κ2) is 9.82. The summed E-state index contributed by atoms with van der Waals surface area (Å²) in [6, 6.07) is 13.3. The highest BCUT2D eigenvalue weighted by Gasteiger charge is 2.18. The number of pyridine rings is 1. The number of amides is 1. The third kappa shape index (κ3) is 5.64. The van der Waals surface area contributed by atoms with Crippen LogP contribution in [-0.2, 0) is 10.0 Å². The maximum Gasteiger partial charge on any atom is 0.262 e. The van der Waals surface area contributed by atoms with Crippen molar-refractivity contribution in [1.29, 1.82) is 0 Å². The molecule has 0 saturated carbocycles. The van der Waals surface area contributed by atoms with Gasteiger partial charge in [-0.15, -0.1) is 0 Å². The summed E-state index contributed by atoms with van der Waals surface area (Å²) in [4.78, 5) is 16.3. The van der Waals surface area contributed by atoms with Crippen LogP contribution in [0.5, 0.6) is 11.6 Å². The summed E-state index contributed by atoms with van der Waals surface area (Å²) in [7, 11) is -3.72. The summed E-state index contributed by atoms with van der Waals surface area (Å²) in [6.07, 6.45) is 2.31. The third-order valence-electron chi connectivity index (χ3n) is 4.94. The van der Waals surface area contributed by atoms with Gasteiger partial charge in [0.15, 0.2) is 0 Å². The fraction of sp³-hybridized carbons (Fsp3) is 0.250. The molecule has 0 aliphatic rings. The van der Waals surface area contributed by atoms with Gasteiger partial charge in [0.2, 0.25) is 5.88 Å². The second-order valence-electron chi connectivity index (χ2n) is 7.57. The van der Waals surface area contributed by atoms with Crippen LogP contribution in [0.1, 0.15) is 40.4 Å². The number of hydrogen-bond acceptors (Lipinski definition) is 5. The van der Waals surface area contributed by atoms with Crippen LogP contribution < -0.4 is 14.8 Å². The number of nitrogens with one attached hydrogen (secondary N) is 2. The van der Waals surface area contributed by atoms with Crippen LogP contribution in [0.4, 0.5) is 5.69 Å². The number of rotatable bonds is 8. The molecule has 1 amide bonds. The van der Waals surface area contributed by atoms with Crippen molar-refractivity contribution in [2.75, 3.05) is 11.3 Å². The van der Waals surface area contributed by atoms with Crippen LogP contribution >= 0.6 is 0 Å². The van der Waals surface area contributed by atoms with Crippen molar-refractivity contribution in [1.82, 2.24) is 10.3 Å². The van der Waals surface area contributed by atoms with Gasteiger partial charge in [0, 0.05) is 24.5 Å². The minimum absolute atomic E-state index is 0.179. The van der Waals surface area contributed by atoms with Crippen molar-refractivity contribution < 1.29 is 17.9 Å². The monoisotopic (exact) mass is 453 g/mol. The van der Waals surface area contributed by atoms with Gasteiger partial charge in [-0.1, -0.05) is 13.0 Å². The topological polar surface area (TPSA) is 97.4 Å². The van der Waals surface area contributed by atoms with Crippen molar-refractivity contribution in [2.24, 2.45) is 0 Å². The summed E-state index contributed by atoms with van der Waals surface area (Å²) in [5.41, 5.74) is 3.54. The zero-order valence-corrected chi connectivity index (χ0v) is 19.4. The molecule has 3 rings (SSSR count). The van der Waals surface area contributed by atoms with Gasteiger partial charge >= 0.3 is 0 Å². The lowest BCUT2D eigenvalue weighted by Gasteiger charge is -2.13. The first-order valence-electron chi connectivity index (χ1n) is 10.3. The number of nitrogens with zero attached hydrogens (tertiary/aromatic N) is 1. The lowest BCUT2D eigenvalue weighted by molar-refractivity contribution is 0.0953. The van der Waals surface area contributed by atoms with Crippen LogP contribution in [-0.4, -0.2) is 25.9 Å². The quantitative estimate of drug-likeness (QED) is 0.513. The van der Waals surface area contributed by atoms with E-state index in [9.17, 15) is 13.2 Å². The maximum atomic E-state index is 12.8. The lowest BCUT2D eigenvalue weighted by atomic mass is 10.1. The summed E-state index contributed by atoms with van der Waals surface area (Å²) in [6.45, 7) is 8.21. The molecule has 1 heterocycles. The summed E-state index contributed by atoms with van der Waals surface area (Å²) in [5.74, 6) is 0.642. The highest BCUT2D eigenvalue weighted by Crippen LogP contribution is 2.25. The van der Waals surface area contributed by atoms with Gasteiger partial charge in [-0.2, -0.15) is 0 Å². The Bertz CT molecular complexity index is 1210. The average molecular weight is 454 g/mol. The SMILES string of the molecule is CCCNC(=O)c1ccc(Oc2ccc(NS(=O)(=O)c3cc(C)c(C)cc3C)cc2)nc1. The number of carbonyl (C=O) groups excluding carboxylic acids is 1. The Morgan fingerprint density at radius 1 is 0.969 bits per heavy atom. The Morgan fingerprint density at radius 2 is 1.66 bits per heavy atom. The van der Waals surface area contributed by atoms with Gasteiger partial charge in [-0.05, 0) is 80.3 Å². The lowest BCUT2D eigenvalue weighted by Crippen LogP contribution is -2.23. The highest BCUT2D eigenvalue weighted by atomic mass is 32.2. The van der Waals surface area contributed by atoms with Gasteiger partial charge in [-0.3, -0.25) is 9.52 Å². The van der Waals surface area contributed by atoms with E-state index >= 15 is 0 Å². The normalized spacial score (nSPS) is 11.1. The number of aryl methyl sites for hydroxylation is 3. The van der Waals surface area contributed by atoms with E-state index in [1.165, 1.54) is 6.20 Å². The van der Waals surface area contributed by atoms with Crippen molar-refractivity contribution in [3.8, 4) is 11.6 Å². The summed E-state index contributed by atoms with van der Waals surface area (Å²) >= 11 is 0. The molecule has 0 fully saturated rings. The second-order valence-corrected chi connectivity index (χ2v) is 9.23. The standard InChI is InChI=1S/C24H27N3O4S/c1-5-12-25-24(28)19-6-11-23(26-15-19)31-21-9-7-20(8-10-21)27-32(29,30)22-14-17(3)16(2)13-18(22)4/h6-11,13-15,27H,5,12H2,1-4H3,(H,25,28). The van der Waals surface area contributed by atoms with Gasteiger partial charge < -0.3 is 10.1 Å². The smallest absolute Gasteiger partial charge is 0.262 e. The Hall–Kier alpha value is -3.39. The molecule has 32 heavy (non-hydrogen) atoms. The van der Waals surface area contributed by atoms with Crippen LogP contribution in [0.25, 0.3) is 0 Å². The molecule has 0 spiro atoms. The Kier molecular flexibility index (Phi) is 7.15. The molecule has 0 aliphatic heterocycles. The zero-order chi connectivity index (χ0) is 23.3. The predicted octanol–water partition coefficient (Wildman–Crippen LogP) is 4.74. The fourth-order valence-electron chi connectivity index (χ4n) is 3.06. The number of anilines is 1. The first-order valence-corrected chi connectivity index (χ1v) is 11.8. The maximum absolute atomic E-state index is 12.8. The first-order chi connectivity index (χ1) is 15.2. The molecule has 2 N–H and O–H groups in total. The molecule has 0 saturated heterocycles. The number of benzene rings is 2. The largest absolute Gasteiger partial charge is 0.439 e. The highest BCUT2D eigenvalue weighted by molar-refractivity contribution is 7.92. The molecule has 7 nitrogen and oxygen atoms in total. The molecular formula is C24H27N3O4S.